The molecule has 1 N–H and O–H groups in total. The zero-order chi connectivity index (χ0) is 14.8. The van der Waals surface area contributed by atoms with E-state index in [0.717, 1.165) is 6.07 Å². The molecule has 106 valence electrons. The number of hydrogen-bond acceptors (Lipinski definition) is 2. The van der Waals surface area contributed by atoms with Gasteiger partial charge in [0.2, 0.25) is 0 Å². The lowest BCUT2D eigenvalue weighted by molar-refractivity contribution is -0.138. The molecule has 0 saturated heterocycles. The van der Waals surface area contributed by atoms with Gasteiger partial charge in [-0.25, -0.2) is 4.98 Å². The molecule has 0 aliphatic carbocycles. The fraction of sp³-hybridized carbons (Fsp3) is 0.154. The summed E-state index contributed by atoms with van der Waals surface area (Å²) in [5, 5.41) is 3.30. The van der Waals surface area contributed by atoms with Gasteiger partial charge in [0, 0.05) is 12.7 Å². The van der Waals surface area contributed by atoms with Gasteiger partial charge >= 0.3 is 6.18 Å². The number of pyridine rings is 1. The summed E-state index contributed by atoms with van der Waals surface area (Å²) in [5.41, 5.74) is -0.499. The summed E-state index contributed by atoms with van der Waals surface area (Å²) in [6.07, 6.45) is -2.95. The molecule has 0 amide bonds. The van der Waals surface area contributed by atoms with Crippen molar-refractivity contribution in [3.8, 4) is 0 Å². The molecule has 1 aromatic heterocycles. The topological polar surface area (TPSA) is 24.9 Å². The van der Waals surface area contributed by atoms with Crippen LogP contribution in [0.4, 0.5) is 19.0 Å². The van der Waals surface area contributed by atoms with E-state index >= 15 is 0 Å². The Kier molecular flexibility index (Phi) is 4.55. The van der Waals surface area contributed by atoms with Crippen molar-refractivity contribution in [3.05, 3.63) is 57.2 Å². The molecule has 0 aliphatic rings. The second-order valence-corrected chi connectivity index (χ2v) is 5.28. The van der Waals surface area contributed by atoms with E-state index in [1.54, 1.807) is 12.1 Å². The number of aromatic nitrogens is 1. The summed E-state index contributed by atoms with van der Waals surface area (Å²) in [7, 11) is 0. The second-order valence-electron chi connectivity index (χ2n) is 3.99. The second kappa shape index (κ2) is 6.01. The van der Waals surface area contributed by atoms with Gasteiger partial charge in [0.1, 0.15) is 5.82 Å². The predicted octanol–water partition coefficient (Wildman–Crippen LogP) is 5.13. The van der Waals surface area contributed by atoms with E-state index in [1.165, 1.54) is 18.3 Å². The summed E-state index contributed by atoms with van der Waals surface area (Å²) >= 11 is 9.00. The van der Waals surface area contributed by atoms with E-state index in [-0.39, 0.29) is 12.1 Å². The summed E-state index contributed by atoms with van der Waals surface area (Å²) in [6, 6.07) is 7.03. The minimum atomic E-state index is -4.37. The van der Waals surface area contributed by atoms with E-state index in [2.05, 4.69) is 26.2 Å². The Bertz CT molecular complexity index is 617. The molecule has 2 nitrogen and oxygen atoms in total. The quantitative estimate of drug-likeness (QED) is 0.816. The molecule has 2 rings (SSSR count). The molecule has 0 fully saturated rings. The Hall–Kier alpha value is -1.27. The van der Waals surface area contributed by atoms with Gasteiger partial charge in [-0.05, 0) is 33.6 Å². The molecule has 0 aliphatic heterocycles. The molecule has 0 radical (unpaired) electrons. The van der Waals surface area contributed by atoms with Crippen LogP contribution < -0.4 is 5.32 Å². The van der Waals surface area contributed by atoms with E-state index in [0.29, 0.717) is 15.3 Å². The Balaban J connectivity index is 2.19. The van der Waals surface area contributed by atoms with Crippen LogP contribution >= 0.6 is 27.5 Å². The van der Waals surface area contributed by atoms with Crippen molar-refractivity contribution in [3.63, 3.8) is 0 Å². The lowest BCUT2D eigenvalue weighted by atomic mass is 10.1. The Morgan fingerprint density at radius 2 is 1.95 bits per heavy atom. The van der Waals surface area contributed by atoms with Crippen LogP contribution in [0, 0.1) is 0 Å². The van der Waals surface area contributed by atoms with Gasteiger partial charge in [0.15, 0.2) is 0 Å². The molecular formula is C13H9BrClF3N2. The monoisotopic (exact) mass is 364 g/mol. The van der Waals surface area contributed by atoms with Crippen molar-refractivity contribution in [1.29, 1.82) is 0 Å². The van der Waals surface area contributed by atoms with Crippen LogP contribution in [-0.2, 0) is 12.7 Å². The first-order chi connectivity index (χ1) is 9.38. The van der Waals surface area contributed by atoms with Gasteiger partial charge in [0.25, 0.3) is 0 Å². The first-order valence-corrected chi connectivity index (χ1v) is 6.75. The van der Waals surface area contributed by atoms with Crippen molar-refractivity contribution >= 4 is 33.3 Å². The Labute approximate surface area is 127 Å². The third-order valence-electron chi connectivity index (χ3n) is 2.58. The maximum atomic E-state index is 12.8. The number of hydrogen-bond donors (Lipinski definition) is 1. The van der Waals surface area contributed by atoms with E-state index in [4.69, 9.17) is 11.6 Å². The largest absolute Gasteiger partial charge is 0.416 e. The Morgan fingerprint density at radius 1 is 1.25 bits per heavy atom. The van der Waals surface area contributed by atoms with Gasteiger partial charge in [-0.1, -0.05) is 29.8 Å². The van der Waals surface area contributed by atoms with Crippen molar-refractivity contribution in [2.45, 2.75) is 12.7 Å². The highest BCUT2D eigenvalue weighted by Gasteiger charge is 2.32. The highest BCUT2D eigenvalue weighted by atomic mass is 79.9. The lowest BCUT2D eigenvalue weighted by Gasteiger charge is -2.14. The van der Waals surface area contributed by atoms with Crippen LogP contribution in [0.5, 0.6) is 0 Å². The predicted molar refractivity (Wildman–Crippen MR) is 75.7 cm³/mol. The van der Waals surface area contributed by atoms with Gasteiger partial charge in [-0.15, -0.1) is 0 Å². The van der Waals surface area contributed by atoms with Crippen LogP contribution in [0.15, 0.2) is 41.0 Å². The highest BCUT2D eigenvalue weighted by Crippen LogP contribution is 2.32. The van der Waals surface area contributed by atoms with Crippen molar-refractivity contribution in [2.24, 2.45) is 0 Å². The third-order valence-corrected chi connectivity index (χ3v) is 3.39. The molecule has 1 heterocycles. The van der Waals surface area contributed by atoms with Gasteiger partial charge < -0.3 is 5.32 Å². The zero-order valence-corrected chi connectivity index (χ0v) is 12.4. The van der Waals surface area contributed by atoms with Crippen LogP contribution in [0.2, 0.25) is 5.02 Å². The standard InChI is InChI=1S/C13H9BrClF3N2/c14-11-5-9(15)7-20-12(11)19-6-8-3-1-2-4-10(8)13(16,17)18/h1-5,7H,6H2,(H,19,20). The van der Waals surface area contributed by atoms with Crippen molar-refractivity contribution in [2.75, 3.05) is 5.32 Å². The van der Waals surface area contributed by atoms with Crippen LogP contribution in [-0.4, -0.2) is 4.98 Å². The van der Waals surface area contributed by atoms with Gasteiger partial charge in [-0.2, -0.15) is 13.2 Å². The van der Waals surface area contributed by atoms with Crippen LogP contribution in [0.3, 0.4) is 0 Å². The van der Waals surface area contributed by atoms with Crippen molar-refractivity contribution in [1.82, 2.24) is 4.98 Å². The number of nitrogens with one attached hydrogen (secondary N) is 1. The number of anilines is 1. The molecule has 0 bridgehead atoms. The fourth-order valence-corrected chi connectivity index (χ4v) is 2.45. The molecule has 0 unspecified atom stereocenters. The smallest absolute Gasteiger partial charge is 0.365 e. The minimum Gasteiger partial charge on any atom is -0.365 e. The third kappa shape index (κ3) is 3.64. The number of benzene rings is 1. The number of halogens is 5. The van der Waals surface area contributed by atoms with Crippen LogP contribution in [0.25, 0.3) is 0 Å². The molecule has 20 heavy (non-hydrogen) atoms. The fourth-order valence-electron chi connectivity index (χ4n) is 1.67. The molecule has 7 heteroatoms. The number of alkyl halides is 3. The Morgan fingerprint density at radius 3 is 2.60 bits per heavy atom. The summed E-state index contributed by atoms with van der Waals surface area (Å²) in [4.78, 5) is 4.01. The number of rotatable bonds is 3. The van der Waals surface area contributed by atoms with E-state index < -0.39 is 11.7 Å². The number of nitrogens with zero attached hydrogens (tertiary/aromatic N) is 1. The first-order valence-electron chi connectivity index (χ1n) is 5.58. The SMILES string of the molecule is FC(F)(F)c1ccccc1CNc1ncc(Cl)cc1Br. The summed E-state index contributed by atoms with van der Waals surface area (Å²) in [5.74, 6) is 0.436. The lowest BCUT2D eigenvalue weighted by Crippen LogP contribution is -2.12. The molecule has 2 aromatic rings. The zero-order valence-electron chi connectivity index (χ0n) is 10.0. The first kappa shape index (κ1) is 15.1. The van der Waals surface area contributed by atoms with Crippen molar-refractivity contribution < 1.29 is 13.2 Å². The van der Waals surface area contributed by atoms with Gasteiger partial charge in [0.05, 0.1) is 15.1 Å². The summed E-state index contributed by atoms with van der Waals surface area (Å²) < 4.78 is 39.1. The maximum absolute atomic E-state index is 12.8. The molecule has 0 atom stereocenters. The minimum absolute atomic E-state index is 0.0168. The van der Waals surface area contributed by atoms with Crippen LogP contribution in [0.1, 0.15) is 11.1 Å². The average molecular weight is 366 g/mol. The van der Waals surface area contributed by atoms with E-state index in [1.807, 2.05) is 0 Å². The molecule has 0 saturated carbocycles. The molecule has 0 spiro atoms. The van der Waals surface area contributed by atoms with E-state index in [9.17, 15) is 13.2 Å². The molecular weight excluding hydrogens is 357 g/mol. The average Bonchev–Trinajstić information content (AvgIpc) is 2.37. The normalized spacial score (nSPS) is 11.4. The molecule has 1 aromatic carbocycles. The highest BCUT2D eigenvalue weighted by molar-refractivity contribution is 9.10. The summed E-state index contributed by atoms with van der Waals surface area (Å²) in [6.45, 7) is 0.0168. The van der Waals surface area contributed by atoms with Gasteiger partial charge in [-0.3, -0.25) is 0 Å². The maximum Gasteiger partial charge on any atom is 0.416 e.